The molecule has 112 valence electrons. The van der Waals surface area contributed by atoms with E-state index >= 15 is 0 Å². The second-order valence-electron chi connectivity index (χ2n) is 5.90. The molecule has 0 radical (unpaired) electrons. The molecule has 0 heterocycles. The van der Waals surface area contributed by atoms with Gasteiger partial charge in [0.1, 0.15) is 0 Å². The quantitative estimate of drug-likeness (QED) is 0.638. The van der Waals surface area contributed by atoms with Crippen LogP contribution in [0.2, 0.25) is 0 Å². The second kappa shape index (κ2) is 5.14. The minimum Gasteiger partial charge on any atom is -0.477 e. The van der Waals surface area contributed by atoms with E-state index in [9.17, 15) is 18.4 Å². The van der Waals surface area contributed by atoms with Crippen molar-refractivity contribution in [3.63, 3.8) is 0 Å². The Morgan fingerprint density at radius 3 is 2.90 bits per heavy atom. The predicted octanol–water partition coefficient (Wildman–Crippen LogP) is 2.78. The molecule has 2 aliphatic rings. The minimum atomic E-state index is -4.03. The van der Waals surface area contributed by atoms with Crippen molar-refractivity contribution in [2.45, 2.75) is 45.0 Å². The van der Waals surface area contributed by atoms with Crippen molar-refractivity contribution in [1.82, 2.24) is 0 Å². The van der Waals surface area contributed by atoms with E-state index in [4.69, 9.17) is 5.11 Å². The molecule has 0 aromatic heterocycles. The van der Waals surface area contributed by atoms with Gasteiger partial charge in [-0.25, -0.2) is 4.79 Å². The van der Waals surface area contributed by atoms with Crippen molar-refractivity contribution in [2.24, 2.45) is 11.3 Å². The molecule has 0 aromatic rings. The minimum absolute atomic E-state index is 0.214. The van der Waals surface area contributed by atoms with E-state index < -0.39 is 29.9 Å². The Hall–Kier alpha value is -1.46. The number of aliphatic carboxylic acids is 1. The molecule has 0 amide bonds. The van der Waals surface area contributed by atoms with E-state index in [2.05, 4.69) is 10.8 Å². The maximum atomic E-state index is 13.0. The Labute approximate surface area is 115 Å². The number of carbonyl (C=O) groups excluding carboxylic acids is 1. The van der Waals surface area contributed by atoms with Gasteiger partial charge >= 0.3 is 17.9 Å². The highest BCUT2D eigenvalue weighted by atomic mass is 19.3. The molecule has 0 aliphatic heterocycles. The molecule has 2 aliphatic carbocycles. The van der Waals surface area contributed by atoms with E-state index in [1.165, 1.54) is 5.57 Å². The van der Waals surface area contributed by atoms with Crippen LogP contribution in [-0.2, 0) is 14.3 Å². The van der Waals surface area contributed by atoms with Gasteiger partial charge in [-0.05, 0) is 38.0 Å². The number of halogens is 2. The zero-order chi connectivity index (χ0) is 15.0. The van der Waals surface area contributed by atoms with Crippen LogP contribution in [0.5, 0.6) is 0 Å². The number of hydrogen-bond acceptors (Lipinski definition) is 3. The largest absolute Gasteiger partial charge is 0.477 e. The lowest BCUT2D eigenvalue weighted by Crippen LogP contribution is -2.42. The number of alkyl halides is 2. The first-order valence-electron chi connectivity index (χ1n) is 6.73. The highest BCUT2D eigenvalue weighted by Gasteiger charge is 2.47. The van der Waals surface area contributed by atoms with Crippen molar-refractivity contribution in [2.75, 3.05) is 6.61 Å². The van der Waals surface area contributed by atoms with E-state index in [1.807, 2.05) is 6.92 Å². The van der Waals surface area contributed by atoms with Gasteiger partial charge < -0.3 is 9.84 Å². The molecule has 1 fully saturated rings. The van der Waals surface area contributed by atoms with Crippen LogP contribution in [-0.4, -0.2) is 29.6 Å². The molecular weight excluding hydrogens is 270 g/mol. The summed E-state index contributed by atoms with van der Waals surface area (Å²) in [5.74, 6) is -6.77. The Morgan fingerprint density at radius 1 is 1.55 bits per heavy atom. The molecule has 4 nitrogen and oxygen atoms in total. The molecule has 0 saturated heterocycles. The summed E-state index contributed by atoms with van der Waals surface area (Å²) in [6.45, 7) is 0.592. The van der Waals surface area contributed by atoms with Crippen LogP contribution in [0.1, 0.15) is 39.0 Å². The number of ether oxygens (including phenoxy) is 1. The van der Waals surface area contributed by atoms with Gasteiger partial charge in [0, 0.05) is 0 Å². The Bertz CT molecular complexity index is 458. The standard InChI is InChI=1S/C14H18F2O4/c1-9-5-10-3-2-4-13(6-9,7-10)12(19)20-8-14(15,16)11(17)18/h5,9H,2-4,6-8H2,1H3,(H,17,18). The molecule has 1 N–H and O–H groups in total. The molecule has 2 atom stereocenters. The molecular formula is C14H18F2O4. The molecule has 0 aromatic carbocycles. The average Bonchev–Trinajstić information content (AvgIpc) is 2.35. The number of allylic oxidation sites excluding steroid dienone is 2. The van der Waals surface area contributed by atoms with Crippen molar-refractivity contribution in [3.05, 3.63) is 11.6 Å². The fourth-order valence-electron chi connectivity index (χ4n) is 3.29. The number of carboxylic acids is 1. The van der Waals surface area contributed by atoms with Crippen LogP contribution in [0.25, 0.3) is 0 Å². The predicted molar refractivity (Wildman–Crippen MR) is 66.3 cm³/mol. The summed E-state index contributed by atoms with van der Waals surface area (Å²) in [5, 5.41) is 8.33. The zero-order valence-electron chi connectivity index (χ0n) is 11.3. The molecule has 2 unspecified atom stereocenters. The third-order valence-corrected chi connectivity index (χ3v) is 4.08. The lowest BCUT2D eigenvalue weighted by atomic mass is 9.64. The van der Waals surface area contributed by atoms with E-state index in [1.54, 1.807) is 0 Å². The number of fused-ring (bicyclic) bond motifs is 2. The number of rotatable bonds is 4. The molecule has 6 heteroatoms. The highest BCUT2D eigenvalue weighted by Crippen LogP contribution is 2.48. The fraction of sp³-hybridized carbons (Fsp3) is 0.714. The van der Waals surface area contributed by atoms with Gasteiger partial charge in [-0.1, -0.05) is 18.6 Å². The summed E-state index contributed by atoms with van der Waals surface area (Å²) >= 11 is 0. The maximum absolute atomic E-state index is 13.0. The molecule has 2 rings (SSSR count). The van der Waals surface area contributed by atoms with Gasteiger partial charge in [0.05, 0.1) is 5.41 Å². The fourth-order valence-corrected chi connectivity index (χ4v) is 3.29. The summed E-state index contributed by atoms with van der Waals surface area (Å²) in [7, 11) is 0. The number of esters is 1. The lowest BCUT2D eigenvalue weighted by Gasteiger charge is -2.41. The summed E-state index contributed by atoms with van der Waals surface area (Å²) in [4.78, 5) is 22.5. The van der Waals surface area contributed by atoms with E-state index in [0.717, 1.165) is 12.8 Å². The van der Waals surface area contributed by atoms with Gasteiger partial charge in [0.2, 0.25) is 0 Å². The first-order valence-corrected chi connectivity index (χ1v) is 6.73. The average molecular weight is 288 g/mol. The van der Waals surface area contributed by atoms with Crippen molar-refractivity contribution >= 4 is 11.9 Å². The van der Waals surface area contributed by atoms with Gasteiger partial charge in [0.15, 0.2) is 6.61 Å². The number of carbonyl (C=O) groups is 2. The highest BCUT2D eigenvalue weighted by molar-refractivity contribution is 5.79. The van der Waals surface area contributed by atoms with Crippen molar-refractivity contribution in [3.8, 4) is 0 Å². The first-order chi connectivity index (χ1) is 9.25. The second-order valence-corrected chi connectivity index (χ2v) is 5.90. The molecule has 20 heavy (non-hydrogen) atoms. The zero-order valence-corrected chi connectivity index (χ0v) is 11.3. The van der Waals surface area contributed by atoms with E-state index in [0.29, 0.717) is 19.3 Å². The van der Waals surface area contributed by atoms with Crippen LogP contribution >= 0.6 is 0 Å². The molecule has 2 bridgehead atoms. The summed E-state index contributed by atoms with van der Waals surface area (Å²) < 4.78 is 30.6. The monoisotopic (exact) mass is 288 g/mol. The Morgan fingerprint density at radius 2 is 2.25 bits per heavy atom. The van der Waals surface area contributed by atoms with Gasteiger partial charge in [0.25, 0.3) is 0 Å². The third-order valence-electron chi connectivity index (χ3n) is 4.08. The van der Waals surface area contributed by atoms with Crippen LogP contribution in [0.4, 0.5) is 8.78 Å². The van der Waals surface area contributed by atoms with Crippen molar-refractivity contribution in [1.29, 1.82) is 0 Å². The summed E-state index contributed by atoms with van der Waals surface area (Å²) in [6.07, 6.45) is 5.65. The SMILES string of the molecule is CC1C=C2CCCC(C(=O)OCC(F)(F)C(=O)O)(C2)C1. The van der Waals surface area contributed by atoms with E-state index in [-0.39, 0.29) is 5.92 Å². The Kier molecular flexibility index (Phi) is 3.84. The lowest BCUT2D eigenvalue weighted by molar-refractivity contribution is -0.183. The van der Waals surface area contributed by atoms with Crippen molar-refractivity contribution < 1.29 is 28.2 Å². The van der Waals surface area contributed by atoms with Gasteiger partial charge in [-0.2, -0.15) is 8.78 Å². The smallest absolute Gasteiger partial charge is 0.378 e. The first kappa shape index (κ1) is 14.9. The summed E-state index contributed by atoms with van der Waals surface area (Å²) in [5.41, 5.74) is 0.438. The topological polar surface area (TPSA) is 63.6 Å². The van der Waals surface area contributed by atoms with Gasteiger partial charge in [-0.15, -0.1) is 0 Å². The van der Waals surface area contributed by atoms with Gasteiger partial charge in [-0.3, -0.25) is 4.79 Å². The van der Waals surface area contributed by atoms with Crippen LogP contribution in [0, 0.1) is 11.3 Å². The van der Waals surface area contributed by atoms with Crippen LogP contribution < -0.4 is 0 Å². The molecule has 1 saturated carbocycles. The van der Waals surface area contributed by atoms with Crippen LogP contribution in [0.3, 0.4) is 0 Å². The third kappa shape index (κ3) is 2.83. The summed E-state index contributed by atoms with van der Waals surface area (Å²) in [6, 6.07) is 0. The number of hydrogen-bond donors (Lipinski definition) is 1. The normalized spacial score (nSPS) is 29.6. The molecule has 0 spiro atoms. The maximum Gasteiger partial charge on any atom is 0.378 e. The Balaban J connectivity index is 2.05. The van der Waals surface area contributed by atoms with Crippen LogP contribution in [0.15, 0.2) is 11.6 Å². The number of carboxylic acid groups (broad SMARTS) is 1.